The third kappa shape index (κ3) is 4.42. The molecule has 0 saturated heterocycles. The average molecular weight is 462 g/mol. The summed E-state index contributed by atoms with van der Waals surface area (Å²) in [5.41, 5.74) is 2.52. The second-order valence-corrected chi connectivity index (χ2v) is 7.39. The highest BCUT2D eigenvalue weighted by atomic mass is 79.9. The second-order valence-electron chi connectivity index (χ2n) is 4.64. The van der Waals surface area contributed by atoms with Gasteiger partial charge in [-0.3, -0.25) is 0 Å². The van der Waals surface area contributed by atoms with E-state index in [9.17, 15) is 0 Å². The Hall–Kier alpha value is -0.160. The Morgan fingerprint density at radius 1 is 0.850 bits per heavy atom. The first kappa shape index (κ1) is 16.2. The molecule has 2 rings (SSSR count). The molecule has 0 spiro atoms. The molecule has 0 fully saturated rings. The Balaban J connectivity index is 2.38. The van der Waals surface area contributed by atoms with Crippen LogP contribution < -0.4 is 5.32 Å². The largest absolute Gasteiger partial charge is 0.306 e. The first-order valence-electron chi connectivity index (χ1n) is 6.55. The zero-order valence-corrected chi connectivity index (χ0v) is 15.9. The number of nitrogens with one attached hydrogen (secondary N) is 1. The van der Waals surface area contributed by atoms with Crippen LogP contribution in [0.25, 0.3) is 0 Å². The quantitative estimate of drug-likeness (QED) is 0.570. The molecule has 1 atom stereocenters. The maximum Gasteiger partial charge on any atom is 0.0577 e. The summed E-state index contributed by atoms with van der Waals surface area (Å²) in [6, 6.07) is 15.1. The van der Waals surface area contributed by atoms with Gasteiger partial charge in [-0.1, -0.05) is 66.8 Å². The van der Waals surface area contributed by atoms with E-state index in [4.69, 9.17) is 0 Å². The van der Waals surface area contributed by atoms with E-state index in [-0.39, 0.29) is 6.04 Å². The predicted molar refractivity (Wildman–Crippen MR) is 96.1 cm³/mol. The fourth-order valence-electron chi connectivity index (χ4n) is 2.11. The van der Waals surface area contributed by atoms with Crippen molar-refractivity contribution in [3.05, 3.63) is 67.0 Å². The molecule has 0 aliphatic carbocycles. The highest BCUT2D eigenvalue weighted by molar-refractivity contribution is 9.11. The summed E-state index contributed by atoms with van der Waals surface area (Å²) < 4.78 is 3.27. The van der Waals surface area contributed by atoms with Gasteiger partial charge in [0, 0.05) is 13.4 Å². The standard InChI is InChI=1S/C16H16Br3N/c1-2-7-20-16(11-3-5-13(17)6-4-11)12-8-14(18)10-15(19)9-12/h3-6,8-10,16,20H,2,7H2,1H3. The molecule has 0 amide bonds. The highest BCUT2D eigenvalue weighted by Crippen LogP contribution is 2.29. The summed E-state index contributed by atoms with van der Waals surface area (Å²) in [5.74, 6) is 0. The minimum absolute atomic E-state index is 0.205. The lowest BCUT2D eigenvalue weighted by atomic mass is 9.98. The van der Waals surface area contributed by atoms with E-state index in [0.29, 0.717) is 0 Å². The molecule has 0 aliphatic rings. The third-order valence-electron chi connectivity index (χ3n) is 3.02. The first-order valence-corrected chi connectivity index (χ1v) is 8.93. The molecule has 2 aromatic carbocycles. The normalized spacial score (nSPS) is 12.4. The molecule has 1 N–H and O–H groups in total. The van der Waals surface area contributed by atoms with Crippen molar-refractivity contribution in [2.45, 2.75) is 19.4 Å². The van der Waals surface area contributed by atoms with Crippen molar-refractivity contribution < 1.29 is 0 Å². The highest BCUT2D eigenvalue weighted by Gasteiger charge is 2.14. The van der Waals surface area contributed by atoms with Crippen LogP contribution in [0.5, 0.6) is 0 Å². The summed E-state index contributed by atoms with van der Waals surface area (Å²) in [4.78, 5) is 0. The van der Waals surface area contributed by atoms with Crippen LogP contribution in [0.15, 0.2) is 55.9 Å². The number of benzene rings is 2. The van der Waals surface area contributed by atoms with Crippen molar-refractivity contribution in [2.75, 3.05) is 6.54 Å². The Bertz CT molecular complexity index is 546. The van der Waals surface area contributed by atoms with E-state index in [2.05, 4.69) is 102 Å². The van der Waals surface area contributed by atoms with Gasteiger partial charge in [0.2, 0.25) is 0 Å². The summed E-state index contributed by atoms with van der Waals surface area (Å²) in [5, 5.41) is 3.62. The fourth-order valence-corrected chi connectivity index (χ4v) is 3.71. The molecule has 2 aromatic rings. The summed E-state index contributed by atoms with van der Waals surface area (Å²) in [7, 11) is 0. The van der Waals surface area contributed by atoms with Crippen molar-refractivity contribution >= 4 is 47.8 Å². The van der Waals surface area contributed by atoms with E-state index in [0.717, 1.165) is 26.4 Å². The number of rotatable bonds is 5. The van der Waals surface area contributed by atoms with Crippen LogP contribution >= 0.6 is 47.8 Å². The van der Waals surface area contributed by atoms with Gasteiger partial charge in [-0.15, -0.1) is 0 Å². The number of halogens is 3. The smallest absolute Gasteiger partial charge is 0.0577 e. The molecular formula is C16H16Br3N. The average Bonchev–Trinajstić information content (AvgIpc) is 2.40. The lowest BCUT2D eigenvalue weighted by Gasteiger charge is -2.20. The lowest BCUT2D eigenvalue weighted by molar-refractivity contribution is 0.598. The number of hydrogen-bond acceptors (Lipinski definition) is 1. The third-order valence-corrected chi connectivity index (χ3v) is 4.46. The molecule has 20 heavy (non-hydrogen) atoms. The van der Waals surface area contributed by atoms with Crippen LogP contribution in [0.4, 0.5) is 0 Å². The molecule has 0 bridgehead atoms. The maximum atomic E-state index is 3.62. The maximum absolute atomic E-state index is 3.62. The molecule has 4 heteroatoms. The van der Waals surface area contributed by atoms with E-state index in [1.807, 2.05) is 0 Å². The molecule has 0 aromatic heterocycles. The fraction of sp³-hybridized carbons (Fsp3) is 0.250. The Morgan fingerprint density at radius 3 is 2.00 bits per heavy atom. The molecule has 0 heterocycles. The number of hydrogen-bond donors (Lipinski definition) is 1. The van der Waals surface area contributed by atoms with Gasteiger partial charge in [0.25, 0.3) is 0 Å². The van der Waals surface area contributed by atoms with Gasteiger partial charge in [-0.2, -0.15) is 0 Å². The molecule has 106 valence electrons. The van der Waals surface area contributed by atoms with Crippen molar-refractivity contribution in [3.63, 3.8) is 0 Å². The Labute approximate surface area is 145 Å². The zero-order valence-electron chi connectivity index (χ0n) is 11.2. The van der Waals surface area contributed by atoms with Crippen molar-refractivity contribution in [1.82, 2.24) is 5.32 Å². The Kier molecular flexibility index (Phi) is 6.27. The predicted octanol–water partition coefficient (Wildman–Crippen LogP) is 6.06. The van der Waals surface area contributed by atoms with Crippen LogP contribution in [0.3, 0.4) is 0 Å². The van der Waals surface area contributed by atoms with E-state index in [1.54, 1.807) is 0 Å². The van der Waals surface area contributed by atoms with Crippen LogP contribution in [-0.2, 0) is 0 Å². The molecule has 0 saturated carbocycles. The van der Waals surface area contributed by atoms with Crippen LogP contribution in [-0.4, -0.2) is 6.54 Å². The van der Waals surface area contributed by atoms with Gasteiger partial charge >= 0.3 is 0 Å². The minimum Gasteiger partial charge on any atom is -0.306 e. The van der Waals surface area contributed by atoms with Gasteiger partial charge in [0.05, 0.1) is 6.04 Å². The first-order chi connectivity index (χ1) is 9.60. The van der Waals surface area contributed by atoms with Crippen molar-refractivity contribution in [3.8, 4) is 0 Å². The van der Waals surface area contributed by atoms with Crippen LogP contribution in [0.1, 0.15) is 30.5 Å². The minimum atomic E-state index is 0.205. The molecule has 0 aliphatic heterocycles. The van der Waals surface area contributed by atoms with E-state index >= 15 is 0 Å². The lowest BCUT2D eigenvalue weighted by Crippen LogP contribution is -2.23. The van der Waals surface area contributed by atoms with Crippen LogP contribution in [0, 0.1) is 0 Å². The summed E-state index contributed by atoms with van der Waals surface area (Å²) in [6.07, 6.45) is 1.11. The SMILES string of the molecule is CCCNC(c1ccc(Br)cc1)c1cc(Br)cc(Br)c1. The Morgan fingerprint density at radius 2 is 1.45 bits per heavy atom. The molecule has 0 radical (unpaired) electrons. The van der Waals surface area contributed by atoms with Gasteiger partial charge < -0.3 is 5.32 Å². The van der Waals surface area contributed by atoms with E-state index in [1.165, 1.54) is 11.1 Å². The molecular weight excluding hydrogens is 446 g/mol. The summed E-state index contributed by atoms with van der Waals surface area (Å²) in [6.45, 7) is 3.17. The topological polar surface area (TPSA) is 12.0 Å². The van der Waals surface area contributed by atoms with Gasteiger partial charge in [0.1, 0.15) is 0 Å². The van der Waals surface area contributed by atoms with Crippen LogP contribution in [0.2, 0.25) is 0 Å². The van der Waals surface area contributed by atoms with Crippen molar-refractivity contribution in [2.24, 2.45) is 0 Å². The molecule has 1 nitrogen and oxygen atoms in total. The monoisotopic (exact) mass is 459 g/mol. The summed E-state index contributed by atoms with van der Waals surface area (Å²) >= 11 is 10.6. The van der Waals surface area contributed by atoms with Gasteiger partial charge in [-0.05, 0) is 54.4 Å². The van der Waals surface area contributed by atoms with Gasteiger partial charge in [0.15, 0.2) is 0 Å². The van der Waals surface area contributed by atoms with Gasteiger partial charge in [-0.25, -0.2) is 0 Å². The van der Waals surface area contributed by atoms with Crippen molar-refractivity contribution in [1.29, 1.82) is 0 Å². The second kappa shape index (κ2) is 7.74. The zero-order chi connectivity index (χ0) is 14.5. The molecule has 1 unspecified atom stereocenters. The van der Waals surface area contributed by atoms with E-state index < -0.39 is 0 Å².